The summed E-state index contributed by atoms with van der Waals surface area (Å²) in [5, 5.41) is 5.64. The van der Waals surface area contributed by atoms with Gasteiger partial charge < -0.3 is 9.88 Å². The largest absolute Gasteiger partial charge is 0.336 e. The Morgan fingerprint density at radius 1 is 1.59 bits per heavy atom. The Labute approximate surface area is 114 Å². The number of thiophene rings is 1. The fourth-order valence-electron chi connectivity index (χ4n) is 1.89. The number of nitrogens with zero attached hydrogens (tertiary/aromatic N) is 2. The topological polar surface area (TPSA) is 29.9 Å². The van der Waals surface area contributed by atoms with E-state index in [0.29, 0.717) is 6.04 Å². The normalized spacial score (nSPS) is 12.9. The molecule has 5 heteroatoms. The Hall–Kier alpha value is -0.650. The van der Waals surface area contributed by atoms with Gasteiger partial charge in [0.05, 0.1) is 18.1 Å². The molecule has 0 spiro atoms. The first-order chi connectivity index (χ1) is 8.20. The molecule has 1 N–H and O–H groups in total. The van der Waals surface area contributed by atoms with E-state index in [1.165, 1.54) is 10.6 Å². The van der Waals surface area contributed by atoms with E-state index in [0.717, 1.165) is 17.4 Å². The average molecular weight is 314 g/mol. The van der Waals surface area contributed by atoms with Gasteiger partial charge in [0, 0.05) is 34.4 Å². The zero-order valence-electron chi connectivity index (χ0n) is 9.98. The number of hydrogen-bond acceptors (Lipinski definition) is 3. The summed E-state index contributed by atoms with van der Waals surface area (Å²) in [6.45, 7) is 3.09. The Kier molecular flexibility index (Phi) is 4.36. The highest BCUT2D eigenvalue weighted by atomic mass is 79.9. The number of aryl methyl sites for hydroxylation is 1. The molecule has 0 aliphatic heterocycles. The molecule has 0 aliphatic rings. The Balaban J connectivity index is 2.15. The third-order valence-electron chi connectivity index (χ3n) is 2.69. The molecule has 2 heterocycles. The molecule has 0 fully saturated rings. The van der Waals surface area contributed by atoms with Crippen LogP contribution in [0.15, 0.2) is 28.4 Å². The van der Waals surface area contributed by atoms with Crippen molar-refractivity contribution in [1.29, 1.82) is 0 Å². The van der Waals surface area contributed by atoms with Crippen molar-refractivity contribution < 1.29 is 0 Å². The SMILES string of the molecule is CCNC(Cc1cc(Br)cs1)c1cncn1C. The fraction of sp³-hybridized carbons (Fsp3) is 0.417. The van der Waals surface area contributed by atoms with Crippen LogP contribution in [-0.2, 0) is 13.5 Å². The van der Waals surface area contributed by atoms with Crippen molar-refractivity contribution in [2.45, 2.75) is 19.4 Å². The van der Waals surface area contributed by atoms with Crippen LogP contribution in [0.2, 0.25) is 0 Å². The second-order valence-electron chi connectivity index (χ2n) is 3.98. The van der Waals surface area contributed by atoms with E-state index in [2.05, 4.69) is 49.2 Å². The van der Waals surface area contributed by atoms with E-state index in [-0.39, 0.29) is 0 Å². The standard InChI is InChI=1S/C12H16BrN3S/c1-3-15-11(12-6-14-8-16(12)2)5-10-4-9(13)7-17-10/h4,6-8,11,15H,3,5H2,1-2H3. The summed E-state index contributed by atoms with van der Waals surface area (Å²) < 4.78 is 3.24. The second kappa shape index (κ2) is 5.80. The third kappa shape index (κ3) is 3.18. The van der Waals surface area contributed by atoms with E-state index in [1.54, 1.807) is 11.3 Å². The monoisotopic (exact) mass is 313 g/mol. The molecule has 92 valence electrons. The maximum absolute atomic E-state index is 4.19. The predicted molar refractivity (Wildman–Crippen MR) is 75.3 cm³/mol. The lowest BCUT2D eigenvalue weighted by Gasteiger charge is -2.17. The lowest BCUT2D eigenvalue weighted by atomic mass is 10.1. The Morgan fingerprint density at radius 2 is 2.41 bits per heavy atom. The van der Waals surface area contributed by atoms with Crippen molar-refractivity contribution in [1.82, 2.24) is 14.9 Å². The van der Waals surface area contributed by atoms with Crippen LogP contribution in [0.5, 0.6) is 0 Å². The van der Waals surface area contributed by atoms with Gasteiger partial charge in [-0.25, -0.2) is 4.98 Å². The maximum Gasteiger partial charge on any atom is 0.0946 e. The molecule has 0 saturated heterocycles. The first-order valence-electron chi connectivity index (χ1n) is 5.63. The number of hydrogen-bond donors (Lipinski definition) is 1. The first-order valence-corrected chi connectivity index (χ1v) is 7.30. The molecule has 2 aromatic heterocycles. The quantitative estimate of drug-likeness (QED) is 0.919. The molecule has 2 rings (SSSR count). The van der Waals surface area contributed by atoms with Gasteiger partial charge in [-0.15, -0.1) is 11.3 Å². The van der Waals surface area contributed by atoms with Gasteiger partial charge in [0.2, 0.25) is 0 Å². The molecule has 0 saturated carbocycles. The van der Waals surface area contributed by atoms with E-state index >= 15 is 0 Å². The van der Waals surface area contributed by atoms with Crippen molar-refractivity contribution in [3.63, 3.8) is 0 Å². The van der Waals surface area contributed by atoms with Crippen LogP contribution in [0.1, 0.15) is 23.5 Å². The molecule has 0 amide bonds. The molecule has 3 nitrogen and oxygen atoms in total. The van der Waals surface area contributed by atoms with Crippen LogP contribution in [-0.4, -0.2) is 16.1 Å². The van der Waals surface area contributed by atoms with Crippen molar-refractivity contribution in [3.8, 4) is 0 Å². The lowest BCUT2D eigenvalue weighted by molar-refractivity contribution is 0.523. The van der Waals surface area contributed by atoms with Gasteiger partial charge in [0.15, 0.2) is 0 Å². The van der Waals surface area contributed by atoms with E-state index in [4.69, 9.17) is 0 Å². The summed E-state index contributed by atoms with van der Waals surface area (Å²) >= 11 is 5.29. The number of nitrogens with one attached hydrogen (secondary N) is 1. The smallest absolute Gasteiger partial charge is 0.0946 e. The summed E-state index contributed by atoms with van der Waals surface area (Å²) in [5.41, 5.74) is 1.23. The van der Waals surface area contributed by atoms with Crippen LogP contribution < -0.4 is 5.32 Å². The van der Waals surface area contributed by atoms with Crippen molar-refractivity contribution in [2.24, 2.45) is 7.05 Å². The number of imidazole rings is 1. The van der Waals surface area contributed by atoms with Gasteiger partial charge in [0.25, 0.3) is 0 Å². The highest BCUT2D eigenvalue weighted by Gasteiger charge is 2.15. The molecular formula is C12H16BrN3S. The van der Waals surface area contributed by atoms with Crippen molar-refractivity contribution in [3.05, 3.63) is 39.0 Å². The molecule has 1 unspecified atom stereocenters. The minimum atomic E-state index is 0.332. The van der Waals surface area contributed by atoms with E-state index in [9.17, 15) is 0 Å². The van der Waals surface area contributed by atoms with Gasteiger partial charge in [-0.2, -0.15) is 0 Å². The van der Waals surface area contributed by atoms with Gasteiger partial charge in [-0.3, -0.25) is 0 Å². The summed E-state index contributed by atoms with van der Waals surface area (Å²) in [6.07, 6.45) is 4.80. The second-order valence-corrected chi connectivity index (χ2v) is 5.89. The summed E-state index contributed by atoms with van der Waals surface area (Å²) in [7, 11) is 2.04. The molecule has 2 aromatic rings. The minimum Gasteiger partial charge on any atom is -0.336 e. The molecule has 0 aromatic carbocycles. The number of rotatable bonds is 5. The van der Waals surface area contributed by atoms with Crippen LogP contribution in [0.3, 0.4) is 0 Å². The van der Waals surface area contributed by atoms with Crippen molar-refractivity contribution >= 4 is 27.3 Å². The number of likely N-dealkylation sites (N-methyl/N-ethyl adjacent to an activating group) is 1. The van der Waals surface area contributed by atoms with Gasteiger partial charge in [0.1, 0.15) is 0 Å². The predicted octanol–water partition coefficient (Wildman–Crippen LogP) is 3.14. The van der Waals surface area contributed by atoms with Gasteiger partial charge >= 0.3 is 0 Å². The van der Waals surface area contributed by atoms with Crippen LogP contribution in [0, 0.1) is 0 Å². The minimum absolute atomic E-state index is 0.332. The Bertz CT molecular complexity index is 478. The van der Waals surface area contributed by atoms with Gasteiger partial charge in [-0.1, -0.05) is 6.92 Å². The Morgan fingerprint density at radius 3 is 2.94 bits per heavy atom. The van der Waals surface area contributed by atoms with E-state index in [1.807, 2.05) is 19.6 Å². The zero-order chi connectivity index (χ0) is 12.3. The van der Waals surface area contributed by atoms with Gasteiger partial charge in [-0.05, 0) is 28.5 Å². The molecule has 1 atom stereocenters. The molecule has 17 heavy (non-hydrogen) atoms. The first kappa shape index (κ1) is 12.8. The van der Waals surface area contributed by atoms with Crippen molar-refractivity contribution in [2.75, 3.05) is 6.54 Å². The molecule has 0 radical (unpaired) electrons. The van der Waals surface area contributed by atoms with Crippen LogP contribution >= 0.6 is 27.3 Å². The molecule has 0 aliphatic carbocycles. The zero-order valence-corrected chi connectivity index (χ0v) is 12.4. The number of halogens is 1. The van der Waals surface area contributed by atoms with Crippen LogP contribution in [0.25, 0.3) is 0 Å². The summed E-state index contributed by atoms with van der Waals surface area (Å²) in [6, 6.07) is 2.52. The highest BCUT2D eigenvalue weighted by Crippen LogP contribution is 2.25. The average Bonchev–Trinajstić information content (AvgIpc) is 2.87. The highest BCUT2D eigenvalue weighted by molar-refractivity contribution is 9.10. The molecular weight excluding hydrogens is 298 g/mol. The molecule has 0 bridgehead atoms. The van der Waals surface area contributed by atoms with Crippen LogP contribution in [0.4, 0.5) is 0 Å². The summed E-state index contributed by atoms with van der Waals surface area (Å²) in [5.74, 6) is 0. The lowest BCUT2D eigenvalue weighted by Crippen LogP contribution is -2.24. The maximum atomic E-state index is 4.19. The third-order valence-corrected chi connectivity index (χ3v) is 4.41. The summed E-state index contributed by atoms with van der Waals surface area (Å²) in [4.78, 5) is 5.57. The number of aromatic nitrogens is 2. The van der Waals surface area contributed by atoms with E-state index < -0.39 is 0 Å². The fourth-order valence-corrected chi connectivity index (χ4v) is 3.39.